The summed E-state index contributed by atoms with van der Waals surface area (Å²) in [6.07, 6.45) is 0.941. The van der Waals surface area contributed by atoms with Crippen LogP contribution in [0.2, 0.25) is 0 Å². The molecule has 1 spiro atoms. The van der Waals surface area contributed by atoms with Crippen molar-refractivity contribution in [1.82, 2.24) is 15.3 Å². The van der Waals surface area contributed by atoms with Gasteiger partial charge in [-0.3, -0.25) is 4.90 Å². The van der Waals surface area contributed by atoms with Crippen molar-refractivity contribution in [2.75, 3.05) is 44.1 Å². The number of carbonyl (C=O) groups is 1. The lowest BCUT2D eigenvalue weighted by molar-refractivity contribution is 0.0142. The van der Waals surface area contributed by atoms with Gasteiger partial charge in [0.1, 0.15) is 17.9 Å². The molecule has 2 aliphatic rings. The molecule has 0 aliphatic carbocycles. The van der Waals surface area contributed by atoms with E-state index in [1.807, 2.05) is 0 Å². The second kappa shape index (κ2) is 7.49. The van der Waals surface area contributed by atoms with Gasteiger partial charge in [0.25, 0.3) is 0 Å². The summed E-state index contributed by atoms with van der Waals surface area (Å²) in [6, 6.07) is 6.86. The molecule has 32 heavy (non-hydrogen) atoms. The van der Waals surface area contributed by atoms with Gasteiger partial charge in [-0.25, -0.2) is 19.2 Å². The number of aryl methyl sites for hydroxylation is 1. The maximum Gasteiger partial charge on any atom is 0.415 e. The number of aromatic nitrogens is 2. The van der Waals surface area contributed by atoms with E-state index in [1.54, 1.807) is 36.1 Å². The first-order chi connectivity index (χ1) is 15.4. The normalized spacial score (nSPS) is 16.8. The van der Waals surface area contributed by atoms with Crippen molar-refractivity contribution in [3.63, 3.8) is 0 Å². The number of hydrogen-bond acceptors (Lipinski definition) is 8. The molecular formula is C22H22FN5O4. The maximum absolute atomic E-state index is 14.9. The molecular weight excluding hydrogens is 417 g/mol. The van der Waals surface area contributed by atoms with Gasteiger partial charge in [0.15, 0.2) is 17.2 Å². The summed E-state index contributed by atoms with van der Waals surface area (Å²) in [6.45, 7) is 3.38. The quantitative estimate of drug-likeness (QED) is 0.626. The van der Waals surface area contributed by atoms with E-state index in [2.05, 4.69) is 20.6 Å². The molecule has 2 aromatic carbocycles. The van der Waals surface area contributed by atoms with Crippen LogP contribution in [0.5, 0.6) is 11.5 Å². The predicted octanol–water partition coefficient (Wildman–Crippen LogP) is 3.14. The molecule has 10 heteroatoms. The zero-order valence-electron chi connectivity index (χ0n) is 17.9. The minimum absolute atomic E-state index is 0.162. The van der Waals surface area contributed by atoms with E-state index in [0.717, 1.165) is 0 Å². The van der Waals surface area contributed by atoms with E-state index in [1.165, 1.54) is 20.5 Å². The summed E-state index contributed by atoms with van der Waals surface area (Å²) < 4.78 is 31.2. The third kappa shape index (κ3) is 3.14. The zero-order valence-corrected chi connectivity index (χ0v) is 17.9. The summed E-state index contributed by atoms with van der Waals surface area (Å²) in [5.74, 6) is 0.508. The van der Waals surface area contributed by atoms with Gasteiger partial charge in [0.05, 0.1) is 37.7 Å². The van der Waals surface area contributed by atoms with E-state index in [0.29, 0.717) is 53.4 Å². The van der Waals surface area contributed by atoms with Gasteiger partial charge < -0.3 is 24.8 Å². The van der Waals surface area contributed by atoms with Crippen LogP contribution in [-0.4, -0.2) is 55.5 Å². The molecule has 9 nitrogen and oxygen atoms in total. The van der Waals surface area contributed by atoms with Crippen LogP contribution >= 0.6 is 0 Å². The van der Waals surface area contributed by atoms with Gasteiger partial charge in [0, 0.05) is 24.5 Å². The third-order valence-electron chi connectivity index (χ3n) is 5.84. The molecule has 0 unspecified atom stereocenters. The van der Waals surface area contributed by atoms with Crippen LogP contribution in [0, 0.1) is 12.7 Å². The van der Waals surface area contributed by atoms with Gasteiger partial charge in [-0.15, -0.1) is 0 Å². The molecule has 5 rings (SSSR count). The lowest BCUT2D eigenvalue weighted by Crippen LogP contribution is -2.61. The summed E-state index contributed by atoms with van der Waals surface area (Å²) >= 11 is 0. The molecule has 0 saturated carbocycles. The van der Waals surface area contributed by atoms with Gasteiger partial charge in [0.2, 0.25) is 0 Å². The molecule has 0 radical (unpaired) electrons. The average molecular weight is 439 g/mol. The Morgan fingerprint density at radius 3 is 2.69 bits per heavy atom. The first-order valence-corrected chi connectivity index (χ1v) is 10.1. The number of halogens is 1. The van der Waals surface area contributed by atoms with Crippen molar-refractivity contribution in [1.29, 1.82) is 0 Å². The van der Waals surface area contributed by atoms with E-state index in [-0.39, 0.29) is 11.4 Å². The van der Waals surface area contributed by atoms with Crippen molar-refractivity contribution in [2.45, 2.75) is 12.5 Å². The van der Waals surface area contributed by atoms with E-state index in [4.69, 9.17) is 14.2 Å². The predicted molar refractivity (Wildman–Crippen MR) is 116 cm³/mol. The SMILES string of the molecule is COc1cc2ncnc(Nc3ccc(C)c(OC)c3F)c2cc1N1CC2(CNC2)OC1=O. The number of benzene rings is 2. The molecule has 2 fully saturated rings. The Morgan fingerprint density at radius 1 is 1.22 bits per heavy atom. The lowest BCUT2D eigenvalue weighted by Gasteiger charge is -2.36. The molecule has 1 amide bonds. The van der Waals surface area contributed by atoms with Crippen molar-refractivity contribution in [3.05, 3.63) is 42.0 Å². The molecule has 2 aliphatic heterocycles. The Kier molecular flexibility index (Phi) is 4.74. The van der Waals surface area contributed by atoms with Gasteiger partial charge in [-0.1, -0.05) is 6.07 Å². The molecule has 2 saturated heterocycles. The highest BCUT2D eigenvalue weighted by atomic mass is 19.1. The second-order valence-electron chi connectivity index (χ2n) is 7.91. The molecule has 2 N–H and O–H groups in total. The highest BCUT2D eigenvalue weighted by Gasteiger charge is 2.50. The lowest BCUT2D eigenvalue weighted by atomic mass is 9.97. The number of ether oxygens (including phenoxy) is 3. The highest BCUT2D eigenvalue weighted by Crippen LogP contribution is 2.40. The summed E-state index contributed by atoms with van der Waals surface area (Å²) in [4.78, 5) is 22.8. The number of nitrogens with zero attached hydrogens (tertiary/aromatic N) is 3. The standard InChI is InChI=1S/C22H22FN5O4/c1-12-4-5-14(18(23)19(12)31-3)27-20-13-6-16(17(30-2)7-15(13)25-11-26-20)28-10-22(8-24-9-22)32-21(28)29/h4-7,11,24H,8-10H2,1-3H3,(H,25,26,27). The fraction of sp³-hybridized carbons (Fsp3) is 0.318. The number of methoxy groups -OCH3 is 2. The first-order valence-electron chi connectivity index (χ1n) is 10.1. The van der Waals surface area contributed by atoms with Crippen molar-refractivity contribution >= 4 is 34.2 Å². The summed E-state index contributed by atoms with van der Waals surface area (Å²) in [7, 11) is 2.95. The Balaban J connectivity index is 1.58. The Labute approximate surface area is 183 Å². The number of amides is 1. The molecule has 166 valence electrons. The van der Waals surface area contributed by atoms with E-state index < -0.39 is 17.5 Å². The molecule has 0 bridgehead atoms. The Bertz CT molecular complexity index is 1230. The Morgan fingerprint density at radius 2 is 2.03 bits per heavy atom. The summed E-state index contributed by atoms with van der Waals surface area (Å²) in [5.41, 5.74) is 1.49. The monoisotopic (exact) mass is 439 g/mol. The molecule has 3 aromatic rings. The smallest absolute Gasteiger partial charge is 0.415 e. The van der Waals surface area contributed by atoms with Crippen LogP contribution < -0.4 is 25.0 Å². The van der Waals surface area contributed by atoms with Gasteiger partial charge >= 0.3 is 6.09 Å². The molecule has 0 atom stereocenters. The van der Waals surface area contributed by atoms with Gasteiger partial charge in [-0.05, 0) is 24.6 Å². The maximum atomic E-state index is 14.9. The summed E-state index contributed by atoms with van der Waals surface area (Å²) in [5, 5.41) is 6.77. The van der Waals surface area contributed by atoms with E-state index in [9.17, 15) is 9.18 Å². The molecule has 3 heterocycles. The highest BCUT2D eigenvalue weighted by molar-refractivity contribution is 6.00. The first kappa shape index (κ1) is 20.3. The van der Waals surface area contributed by atoms with E-state index >= 15 is 0 Å². The fourth-order valence-corrected chi connectivity index (χ4v) is 4.07. The van der Waals surface area contributed by atoms with Crippen LogP contribution in [-0.2, 0) is 4.74 Å². The van der Waals surface area contributed by atoms with Crippen LogP contribution in [0.4, 0.5) is 26.4 Å². The molecule has 1 aromatic heterocycles. The third-order valence-corrected chi connectivity index (χ3v) is 5.84. The number of anilines is 3. The van der Waals surface area contributed by atoms with Gasteiger partial charge in [-0.2, -0.15) is 0 Å². The number of fused-ring (bicyclic) bond motifs is 1. The van der Waals surface area contributed by atoms with Crippen LogP contribution in [0.1, 0.15) is 5.56 Å². The van der Waals surface area contributed by atoms with Crippen LogP contribution in [0.25, 0.3) is 10.9 Å². The topological polar surface area (TPSA) is 97.8 Å². The minimum Gasteiger partial charge on any atom is -0.494 e. The average Bonchev–Trinajstić information content (AvgIpc) is 3.13. The van der Waals surface area contributed by atoms with Crippen LogP contribution in [0.15, 0.2) is 30.6 Å². The van der Waals surface area contributed by atoms with Crippen LogP contribution in [0.3, 0.4) is 0 Å². The zero-order chi connectivity index (χ0) is 22.5. The minimum atomic E-state index is -0.521. The number of carbonyl (C=O) groups excluding carboxylic acids is 1. The second-order valence-corrected chi connectivity index (χ2v) is 7.91. The largest absolute Gasteiger partial charge is 0.494 e. The number of nitrogens with one attached hydrogen (secondary N) is 2. The Hall–Kier alpha value is -3.66. The fourth-order valence-electron chi connectivity index (χ4n) is 4.07. The van der Waals surface area contributed by atoms with Crippen molar-refractivity contribution in [2.24, 2.45) is 0 Å². The van der Waals surface area contributed by atoms with Crippen molar-refractivity contribution < 1.29 is 23.4 Å². The number of rotatable bonds is 5. The van der Waals surface area contributed by atoms with Crippen molar-refractivity contribution in [3.8, 4) is 11.5 Å². The number of hydrogen-bond donors (Lipinski definition) is 2.